The molecule has 62 valence electrons. The number of hydrogen-bond donors (Lipinski definition) is 0. The Labute approximate surface area is 82.9 Å². The molecule has 0 fully saturated rings. The molecule has 0 heterocycles. The topological polar surface area (TPSA) is 0 Å². The van der Waals surface area contributed by atoms with Crippen LogP contribution in [0.1, 0.15) is 34.6 Å². The minimum absolute atomic E-state index is 0.300. The highest BCUT2D eigenvalue weighted by Gasteiger charge is 2.32. The SMILES string of the molecule is CC1=C(C)C(C)(C)C(I)=C1C. The summed E-state index contributed by atoms with van der Waals surface area (Å²) >= 11 is 2.47. The van der Waals surface area contributed by atoms with E-state index in [1.54, 1.807) is 0 Å². The van der Waals surface area contributed by atoms with Crippen molar-refractivity contribution in [2.75, 3.05) is 0 Å². The summed E-state index contributed by atoms with van der Waals surface area (Å²) in [6, 6.07) is 0. The molecule has 0 atom stereocenters. The predicted molar refractivity (Wildman–Crippen MR) is 58.9 cm³/mol. The molecule has 0 aromatic heterocycles. The molecule has 0 amide bonds. The Morgan fingerprint density at radius 2 is 1.45 bits per heavy atom. The zero-order valence-electron chi connectivity index (χ0n) is 7.88. The zero-order valence-corrected chi connectivity index (χ0v) is 10.0. The van der Waals surface area contributed by atoms with E-state index >= 15 is 0 Å². The van der Waals surface area contributed by atoms with Gasteiger partial charge in [-0.05, 0) is 54.5 Å². The fraction of sp³-hybridized carbons (Fsp3) is 0.600. The lowest BCUT2D eigenvalue weighted by Crippen LogP contribution is -2.09. The maximum atomic E-state index is 2.47. The van der Waals surface area contributed by atoms with E-state index in [1.165, 1.54) is 20.3 Å². The highest BCUT2D eigenvalue weighted by molar-refractivity contribution is 14.1. The van der Waals surface area contributed by atoms with E-state index < -0.39 is 0 Å². The van der Waals surface area contributed by atoms with Crippen LogP contribution in [0.4, 0.5) is 0 Å². The molecule has 1 aliphatic carbocycles. The van der Waals surface area contributed by atoms with Gasteiger partial charge in [-0.2, -0.15) is 0 Å². The van der Waals surface area contributed by atoms with E-state index in [0.29, 0.717) is 5.41 Å². The van der Waals surface area contributed by atoms with Gasteiger partial charge in [0, 0.05) is 8.99 Å². The van der Waals surface area contributed by atoms with Crippen molar-refractivity contribution < 1.29 is 0 Å². The quantitative estimate of drug-likeness (QED) is 0.577. The maximum absolute atomic E-state index is 2.47. The van der Waals surface area contributed by atoms with E-state index in [4.69, 9.17) is 0 Å². The van der Waals surface area contributed by atoms with Crippen molar-refractivity contribution in [3.8, 4) is 0 Å². The van der Waals surface area contributed by atoms with Gasteiger partial charge < -0.3 is 0 Å². The van der Waals surface area contributed by atoms with Gasteiger partial charge in [0.15, 0.2) is 0 Å². The molecule has 1 heteroatoms. The van der Waals surface area contributed by atoms with Crippen LogP contribution in [0.2, 0.25) is 0 Å². The van der Waals surface area contributed by atoms with E-state index in [9.17, 15) is 0 Å². The van der Waals surface area contributed by atoms with Gasteiger partial charge in [0.25, 0.3) is 0 Å². The van der Waals surface area contributed by atoms with Crippen LogP contribution in [0.25, 0.3) is 0 Å². The first-order chi connectivity index (χ1) is 4.89. The summed E-state index contributed by atoms with van der Waals surface area (Å²) in [5.74, 6) is 0. The Hall–Kier alpha value is 0.210. The number of halogens is 1. The maximum Gasteiger partial charge on any atom is 0.0169 e. The van der Waals surface area contributed by atoms with Gasteiger partial charge in [0.1, 0.15) is 0 Å². The summed E-state index contributed by atoms with van der Waals surface area (Å²) in [5, 5.41) is 0. The van der Waals surface area contributed by atoms with Crippen molar-refractivity contribution in [3.63, 3.8) is 0 Å². The molecule has 0 saturated heterocycles. The third kappa shape index (κ3) is 1.17. The van der Waals surface area contributed by atoms with Crippen molar-refractivity contribution in [2.24, 2.45) is 5.41 Å². The fourth-order valence-electron chi connectivity index (χ4n) is 1.55. The predicted octanol–water partition coefficient (Wildman–Crippen LogP) is 4.07. The second-order valence-electron chi connectivity index (χ2n) is 3.81. The Morgan fingerprint density at radius 3 is 1.55 bits per heavy atom. The van der Waals surface area contributed by atoms with Crippen LogP contribution in [0.3, 0.4) is 0 Å². The lowest BCUT2D eigenvalue weighted by atomic mass is 9.88. The van der Waals surface area contributed by atoms with Crippen LogP contribution < -0.4 is 0 Å². The van der Waals surface area contributed by atoms with Crippen molar-refractivity contribution >= 4 is 22.6 Å². The van der Waals surface area contributed by atoms with Crippen molar-refractivity contribution in [2.45, 2.75) is 34.6 Å². The molecule has 0 nitrogen and oxygen atoms in total. The third-order valence-corrected chi connectivity index (χ3v) is 5.10. The molecule has 11 heavy (non-hydrogen) atoms. The van der Waals surface area contributed by atoms with Gasteiger partial charge in [-0.25, -0.2) is 0 Å². The van der Waals surface area contributed by atoms with Crippen molar-refractivity contribution in [1.29, 1.82) is 0 Å². The lowest BCUT2D eigenvalue weighted by Gasteiger charge is -2.21. The molecule has 0 saturated carbocycles. The van der Waals surface area contributed by atoms with Crippen LogP contribution in [0.5, 0.6) is 0 Å². The Balaban J connectivity index is 3.27. The molecule has 0 N–H and O–H groups in total. The summed E-state index contributed by atoms with van der Waals surface area (Å²) < 4.78 is 1.50. The molecule has 0 unspecified atom stereocenters. The lowest BCUT2D eigenvalue weighted by molar-refractivity contribution is 0.582. The first-order valence-corrected chi connectivity index (χ1v) is 5.02. The van der Waals surface area contributed by atoms with Gasteiger partial charge in [0.2, 0.25) is 0 Å². The molecule has 0 radical (unpaired) electrons. The van der Waals surface area contributed by atoms with Gasteiger partial charge >= 0.3 is 0 Å². The average Bonchev–Trinajstić information content (AvgIpc) is 2.06. The molecule has 0 aromatic carbocycles. The zero-order chi connectivity index (χ0) is 8.81. The first-order valence-electron chi connectivity index (χ1n) is 3.94. The molecule has 0 spiro atoms. The second kappa shape index (κ2) is 2.61. The molecule has 0 aromatic rings. The summed E-state index contributed by atoms with van der Waals surface area (Å²) in [4.78, 5) is 0. The second-order valence-corrected chi connectivity index (χ2v) is 4.89. The van der Waals surface area contributed by atoms with Crippen LogP contribution in [0, 0.1) is 5.41 Å². The van der Waals surface area contributed by atoms with Crippen LogP contribution in [-0.2, 0) is 0 Å². The summed E-state index contributed by atoms with van der Waals surface area (Å²) in [5.41, 5.74) is 4.79. The Morgan fingerprint density at radius 1 is 1.00 bits per heavy atom. The minimum Gasteiger partial charge on any atom is -0.0596 e. The fourth-order valence-corrected chi connectivity index (χ4v) is 2.36. The highest BCUT2D eigenvalue weighted by Crippen LogP contribution is 2.49. The molecule has 1 aliphatic rings. The van der Waals surface area contributed by atoms with Gasteiger partial charge in [-0.1, -0.05) is 19.4 Å². The third-order valence-electron chi connectivity index (χ3n) is 2.94. The molecule has 0 bridgehead atoms. The Bertz CT molecular complexity index is 228. The standard InChI is InChI=1S/C10H15I/c1-6-7(2)9(11)10(4,5)8(6)3/h1-5H3. The molecule has 0 aliphatic heterocycles. The summed E-state index contributed by atoms with van der Waals surface area (Å²) in [6.07, 6.45) is 0. The highest BCUT2D eigenvalue weighted by atomic mass is 127. The van der Waals surface area contributed by atoms with Crippen molar-refractivity contribution in [3.05, 3.63) is 20.3 Å². The smallest absolute Gasteiger partial charge is 0.0169 e. The number of hydrogen-bond acceptors (Lipinski definition) is 0. The summed E-state index contributed by atoms with van der Waals surface area (Å²) in [7, 11) is 0. The molecule has 1 rings (SSSR count). The average molecular weight is 262 g/mol. The molecular formula is C10H15I. The van der Waals surface area contributed by atoms with E-state index in [1.807, 2.05) is 0 Å². The van der Waals surface area contributed by atoms with Gasteiger partial charge in [-0.15, -0.1) is 0 Å². The van der Waals surface area contributed by atoms with E-state index in [-0.39, 0.29) is 0 Å². The largest absolute Gasteiger partial charge is 0.0596 e. The monoisotopic (exact) mass is 262 g/mol. The number of rotatable bonds is 0. The molecular weight excluding hydrogens is 247 g/mol. The minimum atomic E-state index is 0.300. The van der Waals surface area contributed by atoms with E-state index in [0.717, 1.165) is 0 Å². The van der Waals surface area contributed by atoms with E-state index in [2.05, 4.69) is 57.2 Å². The van der Waals surface area contributed by atoms with Gasteiger partial charge in [0.05, 0.1) is 0 Å². The normalized spacial score (nSPS) is 23.5. The van der Waals surface area contributed by atoms with Crippen molar-refractivity contribution in [1.82, 2.24) is 0 Å². The summed E-state index contributed by atoms with van der Waals surface area (Å²) in [6.45, 7) is 11.3. The van der Waals surface area contributed by atoms with Crippen LogP contribution in [-0.4, -0.2) is 0 Å². The number of allylic oxidation sites excluding steroid dienone is 4. The van der Waals surface area contributed by atoms with Crippen LogP contribution in [0.15, 0.2) is 20.3 Å². The van der Waals surface area contributed by atoms with Gasteiger partial charge in [-0.3, -0.25) is 0 Å². The van der Waals surface area contributed by atoms with Crippen LogP contribution >= 0.6 is 22.6 Å². The Kier molecular flexibility index (Phi) is 2.21. The first kappa shape index (κ1) is 9.30.